The van der Waals surface area contributed by atoms with Crippen LogP contribution in [0.5, 0.6) is 0 Å². The van der Waals surface area contributed by atoms with Gasteiger partial charge in [0.2, 0.25) is 0 Å². The van der Waals surface area contributed by atoms with Crippen LogP contribution >= 0.6 is 0 Å². The number of ketones is 1. The third-order valence-corrected chi connectivity index (χ3v) is 3.60. The topological polar surface area (TPSA) is 39.4 Å². The molecule has 0 unspecified atom stereocenters. The van der Waals surface area contributed by atoms with Gasteiger partial charge in [-0.05, 0) is 31.0 Å². The molecule has 1 aromatic carbocycles. The number of fused-ring (bicyclic) bond motifs is 1. The summed E-state index contributed by atoms with van der Waals surface area (Å²) >= 11 is 0. The average molecular weight is 256 g/mol. The minimum Gasteiger partial charge on any atom is -0.463 e. The largest absolute Gasteiger partial charge is 0.463 e. The Balaban J connectivity index is 1.89. The summed E-state index contributed by atoms with van der Waals surface area (Å²) in [6, 6.07) is 10.1. The van der Waals surface area contributed by atoms with Gasteiger partial charge in [0.15, 0.2) is 5.78 Å². The number of rotatable bonds is 2. The summed E-state index contributed by atoms with van der Waals surface area (Å²) in [4.78, 5) is 11.5. The summed E-state index contributed by atoms with van der Waals surface area (Å²) in [6.45, 7) is 3.96. The molecule has 19 heavy (non-hydrogen) atoms. The summed E-state index contributed by atoms with van der Waals surface area (Å²) in [5, 5.41) is 0. The first-order valence-electron chi connectivity index (χ1n) is 6.45. The van der Waals surface area contributed by atoms with Crippen LogP contribution in [0.1, 0.15) is 46.0 Å². The van der Waals surface area contributed by atoms with Crippen molar-refractivity contribution in [3.63, 3.8) is 0 Å². The molecule has 0 saturated carbocycles. The standard InChI is InChI=1S/C16H16O3/c1-10(17)14-8-16(19-11(14)2)15-7-12-5-3-4-6-13(12)9-18-15/h3-6,8,15H,7,9H2,1-2H3/t15-/m1/s1. The fourth-order valence-corrected chi connectivity index (χ4v) is 2.54. The van der Waals surface area contributed by atoms with Crippen LogP contribution in [0, 0.1) is 6.92 Å². The van der Waals surface area contributed by atoms with E-state index in [1.165, 1.54) is 11.1 Å². The molecule has 1 atom stereocenters. The minimum atomic E-state index is -0.0956. The molecule has 0 aliphatic carbocycles. The Bertz CT molecular complexity index is 625. The lowest BCUT2D eigenvalue weighted by Gasteiger charge is -2.23. The van der Waals surface area contributed by atoms with Crippen LogP contribution < -0.4 is 0 Å². The van der Waals surface area contributed by atoms with Crippen molar-refractivity contribution in [2.75, 3.05) is 0 Å². The van der Waals surface area contributed by atoms with Crippen LogP contribution in [-0.2, 0) is 17.8 Å². The average Bonchev–Trinajstić information content (AvgIpc) is 2.80. The highest BCUT2D eigenvalue weighted by atomic mass is 16.5. The van der Waals surface area contributed by atoms with E-state index in [9.17, 15) is 4.79 Å². The molecule has 0 saturated heterocycles. The zero-order valence-electron chi connectivity index (χ0n) is 11.1. The van der Waals surface area contributed by atoms with Gasteiger partial charge in [0, 0.05) is 6.42 Å². The molecular formula is C16H16O3. The van der Waals surface area contributed by atoms with E-state index in [2.05, 4.69) is 12.1 Å². The molecule has 3 heteroatoms. The molecule has 1 aromatic heterocycles. The molecule has 3 rings (SSSR count). The molecule has 0 spiro atoms. The Morgan fingerprint density at radius 1 is 1.26 bits per heavy atom. The number of benzene rings is 1. The van der Waals surface area contributed by atoms with E-state index < -0.39 is 0 Å². The fraction of sp³-hybridized carbons (Fsp3) is 0.312. The second-order valence-electron chi connectivity index (χ2n) is 4.95. The summed E-state index contributed by atoms with van der Waals surface area (Å²) in [5.74, 6) is 1.45. The highest BCUT2D eigenvalue weighted by Crippen LogP contribution is 2.32. The molecular weight excluding hydrogens is 240 g/mol. The van der Waals surface area contributed by atoms with Crippen LogP contribution in [0.3, 0.4) is 0 Å². The zero-order chi connectivity index (χ0) is 13.4. The van der Waals surface area contributed by atoms with Crippen molar-refractivity contribution in [3.8, 4) is 0 Å². The third-order valence-electron chi connectivity index (χ3n) is 3.60. The Labute approximate surface area is 112 Å². The molecule has 0 bridgehead atoms. The van der Waals surface area contributed by atoms with Crippen LogP contribution in [0.25, 0.3) is 0 Å². The van der Waals surface area contributed by atoms with E-state index in [-0.39, 0.29) is 11.9 Å². The first-order valence-corrected chi connectivity index (χ1v) is 6.45. The van der Waals surface area contributed by atoms with Crippen molar-refractivity contribution < 1.29 is 13.9 Å². The molecule has 0 amide bonds. The van der Waals surface area contributed by atoms with Crippen molar-refractivity contribution in [1.29, 1.82) is 0 Å². The molecule has 3 nitrogen and oxygen atoms in total. The molecule has 0 fully saturated rings. The number of carbonyl (C=O) groups is 1. The number of ether oxygens (including phenoxy) is 1. The Kier molecular flexibility index (Phi) is 2.99. The fourth-order valence-electron chi connectivity index (χ4n) is 2.54. The van der Waals surface area contributed by atoms with Crippen LogP contribution in [0.15, 0.2) is 34.7 Å². The highest BCUT2D eigenvalue weighted by Gasteiger charge is 2.24. The van der Waals surface area contributed by atoms with Crippen molar-refractivity contribution in [1.82, 2.24) is 0 Å². The molecule has 0 radical (unpaired) electrons. The van der Waals surface area contributed by atoms with E-state index in [4.69, 9.17) is 9.15 Å². The highest BCUT2D eigenvalue weighted by molar-refractivity contribution is 5.95. The molecule has 2 heterocycles. The van der Waals surface area contributed by atoms with E-state index in [1.807, 2.05) is 25.1 Å². The van der Waals surface area contributed by atoms with Crippen molar-refractivity contribution in [2.24, 2.45) is 0 Å². The predicted molar refractivity (Wildman–Crippen MR) is 71.1 cm³/mol. The van der Waals surface area contributed by atoms with Crippen molar-refractivity contribution in [2.45, 2.75) is 33.0 Å². The first kappa shape index (κ1) is 12.2. The third kappa shape index (κ3) is 2.22. The maximum Gasteiger partial charge on any atom is 0.163 e. The zero-order valence-corrected chi connectivity index (χ0v) is 11.1. The second kappa shape index (κ2) is 4.67. The number of hydrogen-bond acceptors (Lipinski definition) is 3. The van der Waals surface area contributed by atoms with E-state index in [0.717, 1.165) is 12.2 Å². The van der Waals surface area contributed by atoms with Gasteiger partial charge in [-0.25, -0.2) is 0 Å². The van der Waals surface area contributed by atoms with Crippen molar-refractivity contribution in [3.05, 3.63) is 58.5 Å². The van der Waals surface area contributed by atoms with Gasteiger partial charge in [-0.1, -0.05) is 24.3 Å². The van der Waals surface area contributed by atoms with Gasteiger partial charge < -0.3 is 9.15 Å². The number of carbonyl (C=O) groups excluding carboxylic acids is 1. The molecule has 98 valence electrons. The van der Waals surface area contributed by atoms with Gasteiger partial charge in [0.25, 0.3) is 0 Å². The summed E-state index contributed by atoms with van der Waals surface area (Å²) < 4.78 is 11.5. The molecule has 2 aromatic rings. The normalized spacial score (nSPS) is 18.1. The molecule has 0 N–H and O–H groups in total. The Morgan fingerprint density at radius 2 is 2.00 bits per heavy atom. The summed E-state index contributed by atoms with van der Waals surface area (Å²) in [6.07, 6.45) is 0.696. The quantitative estimate of drug-likeness (QED) is 0.771. The lowest BCUT2D eigenvalue weighted by molar-refractivity contribution is 0.0133. The van der Waals surface area contributed by atoms with E-state index in [0.29, 0.717) is 17.9 Å². The van der Waals surface area contributed by atoms with Crippen LogP contribution in [0.2, 0.25) is 0 Å². The number of furan rings is 1. The minimum absolute atomic E-state index is 0.0312. The predicted octanol–water partition coefficient (Wildman–Crippen LogP) is 3.60. The monoisotopic (exact) mass is 256 g/mol. The van der Waals surface area contributed by atoms with Crippen LogP contribution in [0.4, 0.5) is 0 Å². The second-order valence-corrected chi connectivity index (χ2v) is 4.95. The SMILES string of the molecule is CC(=O)c1cc([C@H]2Cc3ccccc3CO2)oc1C. The first-order chi connectivity index (χ1) is 9.15. The van der Waals surface area contributed by atoms with Gasteiger partial charge in [-0.15, -0.1) is 0 Å². The lowest BCUT2D eigenvalue weighted by Crippen LogP contribution is -2.14. The molecule has 1 aliphatic rings. The maximum atomic E-state index is 11.5. The number of Topliss-reactive ketones (excluding diaryl/α,β-unsaturated/α-hetero) is 1. The number of hydrogen-bond donors (Lipinski definition) is 0. The summed E-state index contributed by atoms with van der Waals surface area (Å²) in [7, 11) is 0. The van der Waals surface area contributed by atoms with Gasteiger partial charge in [0.05, 0.1) is 12.2 Å². The summed E-state index contributed by atoms with van der Waals surface area (Å²) in [5.41, 5.74) is 3.17. The van der Waals surface area contributed by atoms with E-state index in [1.54, 1.807) is 6.92 Å². The van der Waals surface area contributed by atoms with Gasteiger partial charge >= 0.3 is 0 Å². The van der Waals surface area contributed by atoms with Crippen LogP contribution in [-0.4, -0.2) is 5.78 Å². The van der Waals surface area contributed by atoms with Gasteiger partial charge in [0.1, 0.15) is 17.6 Å². The maximum absolute atomic E-state index is 11.5. The van der Waals surface area contributed by atoms with E-state index >= 15 is 0 Å². The number of aryl methyl sites for hydroxylation is 1. The Hall–Kier alpha value is -1.87. The van der Waals surface area contributed by atoms with Gasteiger partial charge in [-0.2, -0.15) is 0 Å². The lowest BCUT2D eigenvalue weighted by atomic mass is 9.98. The molecule has 1 aliphatic heterocycles. The smallest absolute Gasteiger partial charge is 0.163 e. The van der Waals surface area contributed by atoms with Crippen molar-refractivity contribution >= 4 is 5.78 Å². The Morgan fingerprint density at radius 3 is 2.68 bits per heavy atom. The van der Waals surface area contributed by atoms with Gasteiger partial charge in [-0.3, -0.25) is 4.79 Å².